The number of carbonyl (C=O) groups excluding carboxylic acids is 2. The maximum atomic E-state index is 12.6. The molecule has 2 amide bonds. The highest BCUT2D eigenvalue weighted by molar-refractivity contribution is 6.22. The summed E-state index contributed by atoms with van der Waals surface area (Å²) in [6.45, 7) is 0.990. The Bertz CT molecular complexity index is 624. The Hall–Kier alpha value is -2.10. The molecule has 3 aliphatic rings. The van der Waals surface area contributed by atoms with Gasteiger partial charge >= 0.3 is 0 Å². The molecule has 4 nitrogen and oxygen atoms in total. The number of hydrogen-bond acceptors (Lipinski definition) is 3. The summed E-state index contributed by atoms with van der Waals surface area (Å²) < 4.78 is 0. The van der Waals surface area contributed by atoms with Crippen molar-refractivity contribution >= 4 is 23.2 Å². The van der Waals surface area contributed by atoms with Crippen molar-refractivity contribution in [1.82, 2.24) is 0 Å². The van der Waals surface area contributed by atoms with Crippen LogP contribution in [0, 0.1) is 11.8 Å². The van der Waals surface area contributed by atoms with E-state index in [0.717, 1.165) is 30.8 Å². The van der Waals surface area contributed by atoms with Gasteiger partial charge in [0.2, 0.25) is 11.8 Å². The molecule has 0 aromatic heterocycles. The molecule has 21 heavy (non-hydrogen) atoms. The zero-order chi connectivity index (χ0) is 14.4. The molecule has 2 aliphatic heterocycles. The number of nitrogens with one attached hydrogen (secondary N) is 1. The molecule has 1 saturated heterocycles. The Kier molecular flexibility index (Phi) is 2.84. The van der Waals surface area contributed by atoms with Gasteiger partial charge in [-0.3, -0.25) is 14.5 Å². The molecule has 0 spiro atoms. The van der Waals surface area contributed by atoms with Crippen molar-refractivity contribution in [3.8, 4) is 0 Å². The van der Waals surface area contributed by atoms with Crippen LogP contribution in [0.25, 0.3) is 0 Å². The third-order valence-corrected chi connectivity index (χ3v) is 4.79. The average molecular weight is 282 g/mol. The lowest BCUT2D eigenvalue weighted by atomic mass is 9.85. The second-order valence-electron chi connectivity index (χ2n) is 6.04. The lowest BCUT2D eigenvalue weighted by molar-refractivity contribution is -0.122. The average Bonchev–Trinajstić information content (AvgIpc) is 2.79. The first-order chi connectivity index (χ1) is 10.3. The molecule has 2 heterocycles. The van der Waals surface area contributed by atoms with E-state index < -0.39 is 0 Å². The van der Waals surface area contributed by atoms with E-state index in [-0.39, 0.29) is 23.7 Å². The Morgan fingerprint density at radius 1 is 1.05 bits per heavy atom. The van der Waals surface area contributed by atoms with Crippen LogP contribution in [-0.2, 0) is 16.0 Å². The fourth-order valence-electron chi connectivity index (χ4n) is 3.66. The van der Waals surface area contributed by atoms with Crippen molar-refractivity contribution in [1.29, 1.82) is 0 Å². The molecular formula is C17H18N2O2. The standard InChI is InChI=1S/C17H18N2O2/c20-16-13-5-1-2-6-14(13)17(21)19(16)12-7-8-15-11(10-12)4-3-9-18-15/h1-2,7-8,10,13-14,18H,3-6,9H2. The second kappa shape index (κ2) is 4.72. The summed E-state index contributed by atoms with van der Waals surface area (Å²) in [6, 6.07) is 5.88. The van der Waals surface area contributed by atoms with E-state index in [2.05, 4.69) is 5.32 Å². The van der Waals surface area contributed by atoms with Crippen LogP contribution in [-0.4, -0.2) is 18.4 Å². The lowest BCUT2D eigenvalue weighted by Crippen LogP contribution is -2.31. The number of allylic oxidation sites excluding steroid dienone is 2. The van der Waals surface area contributed by atoms with Gasteiger partial charge in [-0.2, -0.15) is 0 Å². The van der Waals surface area contributed by atoms with Crippen LogP contribution >= 0.6 is 0 Å². The maximum absolute atomic E-state index is 12.6. The van der Waals surface area contributed by atoms with E-state index in [0.29, 0.717) is 12.8 Å². The molecule has 1 fully saturated rings. The summed E-state index contributed by atoms with van der Waals surface area (Å²) >= 11 is 0. The van der Waals surface area contributed by atoms with E-state index >= 15 is 0 Å². The number of rotatable bonds is 1. The van der Waals surface area contributed by atoms with Crippen molar-refractivity contribution in [2.24, 2.45) is 11.8 Å². The summed E-state index contributed by atoms with van der Waals surface area (Å²) in [5.41, 5.74) is 3.07. The SMILES string of the molecule is O=C1C2CC=CCC2C(=O)N1c1ccc2c(c1)CCCN2. The Labute approximate surface area is 123 Å². The van der Waals surface area contributed by atoms with Crippen molar-refractivity contribution in [3.63, 3.8) is 0 Å². The van der Waals surface area contributed by atoms with Crippen LogP contribution in [0.2, 0.25) is 0 Å². The van der Waals surface area contributed by atoms with Gasteiger partial charge in [-0.15, -0.1) is 0 Å². The highest BCUT2D eigenvalue weighted by Crippen LogP contribution is 2.38. The number of nitrogens with zero attached hydrogens (tertiary/aromatic N) is 1. The maximum Gasteiger partial charge on any atom is 0.238 e. The molecule has 4 rings (SSSR count). The van der Waals surface area contributed by atoms with Crippen LogP contribution in [0.5, 0.6) is 0 Å². The smallest absolute Gasteiger partial charge is 0.238 e. The number of hydrogen-bond donors (Lipinski definition) is 1. The predicted molar refractivity (Wildman–Crippen MR) is 81.1 cm³/mol. The number of anilines is 2. The minimum absolute atomic E-state index is 0.0296. The molecule has 1 N–H and O–H groups in total. The molecule has 1 aromatic carbocycles. The number of aryl methyl sites for hydroxylation is 1. The fourth-order valence-corrected chi connectivity index (χ4v) is 3.66. The molecule has 1 aromatic rings. The molecule has 2 atom stereocenters. The van der Waals surface area contributed by atoms with Crippen LogP contribution in [0.4, 0.5) is 11.4 Å². The van der Waals surface area contributed by atoms with Crippen LogP contribution in [0.15, 0.2) is 30.4 Å². The fraction of sp³-hybridized carbons (Fsp3) is 0.412. The predicted octanol–water partition coefficient (Wildman–Crippen LogP) is 2.50. The minimum atomic E-state index is -0.156. The normalized spacial score (nSPS) is 27.3. The summed E-state index contributed by atoms with van der Waals surface area (Å²) in [6.07, 6.45) is 7.52. The van der Waals surface area contributed by atoms with Crippen molar-refractivity contribution < 1.29 is 9.59 Å². The van der Waals surface area contributed by atoms with Crippen molar-refractivity contribution in [2.45, 2.75) is 25.7 Å². The van der Waals surface area contributed by atoms with E-state index in [1.165, 1.54) is 10.5 Å². The van der Waals surface area contributed by atoms with E-state index in [1.54, 1.807) is 0 Å². The number of benzene rings is 1. The minimum Gasteiger partial charge on any atom is -0.385 e. The van der Waals surface area contributed by atoms with Gasteiger partial charge < -0.3 is 5.32 Å². The third-order valence-electron chi connectivity index (χ3n) is 4.79. The largest absolute Gasteiger partial charge is 0.385 e. The van der Waals surface area contributed by atoms with Gasteiger partial charge in [0.1, 0.15) is 0 Å². The first-order valence-electron chi connectivity index (χ1n) is 7.65. The van der Waals surface area contributed by atoms with Crippen LogP contribution in [0.1, 0.15) is 24.8 Å². The van der Waals surface area contributed by atoms with Gasteiger partial charge in [-0.1, -0.05) is 12.2 Å². The van der Waals surface area contributed by atoms with Gasteiger partial charge in [0, 0.05) is 12.2 Å². The van der Waals surface area contributed by atoms with Gasteiger partial charge in [-0.25, -0.2) is 0 Å². The number of amides is 2. The van der Waals surface area contributed by atoms with Gasteiger partial charge in [-0.05, 0) is 49.4 Å². The van der Waals surface area contributed by atoms with E-state index in [4.69, 9.17) is 0 Å². The topological polar surface area (TPSA) is 49.4 Å². The Morgan fingerprint density at radius 2 is 1.76 bits per heavy atom. The van der Waals surface area contributed by atoms with E-state index in [1.807, 2.05) is 30.4 Å². The number of imide groups is 1. The zero-order valence-corrected chi connectivity index (χ0v) is 11.8. The Balaban J connectivity index is 1.70. The van der Waals surface area contributed by atoms with Gasteiger partial charge in [0.15, 0.2) is 0 Å². The third kappa shape index (κ3) is 1.89. The molecule has 4 heteroatoms. The lowest BCUT2D eigenvalue weighted by Gasteiger charge is -2.21. The van der Waals surface area contributed by atoms with Crippen LogP contribution < -0.4 is 10.2 Å². The molecule has 0 bridgehead atoms. The van der Waals surface area contributed by atoms with E-state index in [9.17, 15) is 9.59 Å². The Morgan fingerprint density at radius 3 is 2.48 bits per heavy atom. The second-order valence-corrected chi connectivity index (χ2v) is 6.04. The van der Waals surface area contributed by atoms with Crippen molar-refractivity contribution in [3.05, 3.63) is 35.9 Å². The molecule has 0 radical (unpaired) electrons. The number of fused-ring (bicyclic) bond motifs is 2. The molecular weight excluding hydrogens is 264 g/mol. The monoisotopic (exact) mass is 282 g/mol. The quantitative estimate of drug-likeness (QED) is 0.636. The summed E-state index contributed by atoms with van der Waals surface area (Å²) in [5.74, 6) is -0.371. The molecule has 1 aliphatic carbocycles. The summed E-state index contributed by atoms with van der Waals surface area (Å²) in [5, 5.41) is 3.35. The summed E-state index contributed by atoms with van der Waals surface area (Å²) in [7, 11) is 0. The van der Waals surface area contributed by atoms with Gasteiger partial charge in [0.05, 0.1) is 17.5 Å². The highest BCUT2D eigenvalue weighted by atomic mass is 16.2. The zero-order valence-electron chi connectivity index (χ0n) is 11.8. The first kappa shape index (κ1) is 12.6. The van der Waals surface area contributed by atoms with Crippen LogP contribution in [0.3, 0.4) is 0 Å². The molecule has 2 unspecified atom stereocenters. The molecule has 108 valence electrons. The van der Waals surface area contributed by atoms with Gasteiger partial charge in [0.25, 0.3) is 0 Å². The highest BCUT2D eigenvalue weighted by Gasteiger charge is 2.47. The van der Waals surface area contributed by atoms with Crippen molar-refractivity contribution in [2.75, 3.05) is 16.8 Å². The first-order valence-corrected chi connectivity index (χ1v) is 7.65. The number of carbonyl (C=O) groups is 2. The summed E-state index contributed by atoms with van der Waals surface area (Å²) in [4.78, 5) is 26.6. The molecule has 0 saturated carbocycles.